The number of pyridine rings is 1. The fraction of sp³-hybridized carbons (Fsp3) is 0.316. The fourth-order valence-electron chi connectivity index (χ4n) is 5.36. The van der Waals surface area contributed by atoms with Crippen molar-refractivity contribution in [3.05, 3.63) is 119 Å². The van der Waals surface area contributed by atoms with Gasteiger partial charge in [0.15, 0.2) is 23.0 Å². The topological polar surface area (TPSA) is 79.4 Å². The molecule has 3 aromatic carbocycles. The van der Waals surface area contributed by atoms with E-state index >= 15 is 0 Å². The zero-order valence-corrected chi connectivity index (χ0v) is 27.4. The van der Waals surface area contributed by atoms with E-state index in [0.29, 0.717) is 49.2 Å². The monoisotopic (exact) mass is 622 g/mol. The van der Waals surface area contributed by atoms with Gasteiger partial charge in [0.2, 0.25) is 0 Å². The lowest BCUT2D eigenvalue weighted by atomic mass is 9.91. The number of carbonyl (C=O) groups excluding carboxylic acids is 1. The maximum absolute atomic E-state index is 13.5. The second-order valence-corrected chi connectivity index (χ2v) is 12.2. The number of rotatable bonds is 10. The largest absolute Gasteiger partial charge is 0.493 e. The maximum Gasteiger partial charge on any atom is 0.411 e. The first-order valence-corrected chi connectivity index (χ1v) is 15.4. The normalized spacial score (nSPS) is 14.5. The predicted octanol–water partition coefficient (Wildman–Crippen LogP) is 8.11. The molecule has 0 saturated carbocycles. The van der Waals surface area contributed by atoms with Crippen molar-refractivity contribution in [2.24, 2.45) is 0 Å². The average Bonchev–Trinajstić information content (AvgIpc) is 3.05. The van der Waals surface area contributed by atoms with E-state index in [-0.39, 0.29) is 6.09 Å². The number of nitrogens with zero attached hydrogens (tertiary/aromatic N) is 2. The highest BCUT2D eigenvalue weighted by Gasteiger charge is 2.33. The Morgan fingerprint density at radius 1 is 0.870 bits per heavy atom. The molecule has 1 aliphatic heterocycles. The molecule has 0 fully saturated rings. The third-order valence-electron chi connectivity index (χ3n) is 7.72. The molecule has 8 heteroatoms. The Morgan fingerprint density at radius 2 is 1.50 bits per heavy atom. The van der Waals surface area contributed by atoms with Crippen molar-refractivity contribution >= 4 is 12.2 Å². The summed E-state index contributed by atoms with van der Waals surface area (Å²) in [7, 11) is 3.26. The van der Waals surface area contributed by atoms with E-state index in [0.717, 1.165) is 33.4 Å². The molecule has 0 saturated heterocycles. The molecule has 240 valence electrons. The summed E-state index contributed by atoms with van der Waals surface area (Å²) >= 11 is 0. The first kappa shape index (κ1) is 32.4. The van der Waals surface area contributed by atoms with E-state index in [2.05, 4.69) is 4.98 Å². The first-order valence-electron chi connectivity index (χ1n) is 15.4. The minimum atomic E-state index is -0.633. The van der Waals surface area contributed by atoms with Crippen molar-refractivity contribution < 1.29 is 28.5 Å². The number of fused-ring (bicyclic) bond motifs is 1. The van der Waals surface area contributed by atoms with Crippen LogP contribution in [0.3, 0.4) is 0 Å². The average molecular weight is 623 g/mol. The quantitative estimate of drug-likeness (QED) is 0.177. The van der Waals surface area contributed by atoms with Crippen LogP contribution in [0.4, 0.5) is 4.79 Å². The van der Waals surface area contributed by atoms with Gasteiger partial charge in [-0.05, 0) is 104 Å². The lowest BCUT2D eigenvalue weighted by molar-refractivity contribution is 0.0185. The van der Waals surface area contributed by atoms with Crippen LogP contribution in [0.5, 0.6) is 23.0 Å². The number of ether oxygens (including phenoxy) is 5. The zero-order chi connectivity index (χ0) is 32.7. The number of methoxy groups -OCH3 is 2. The maximum atomic E-state index is 13.5. The smallest absolute Gasteiger partial charge is 0.411 e. The van der Waals surface area contributed by atoms with Crippen LogP contribution in [0.2, 0.25) is 0 Å². The molecule has 4 aromatic rings. The summed E-state index contributed by atoms with van der Waals surface area (Å²) < 4.78 is 29.7. The molecular formula is C38H42N2O6. The zero-order valence-electron chi connectivity index (χ0n) is 27.4. The van der Waals surface area contributed by atoms with E-state index in [1.54, 1.807) is 31.5 Å². The van der Waals surface area contributed by atoms with Crippen LogP contribution >= 0.6 is 0 Å². The van der Waals surface area contributed by atoms with Crippen LogP contribution < -0.4 is 18.9 Å². The number of amides is 1. The highest BCUT2D eigenvalue weighted by molar-refractivity contribution is 5.71. The lowest BCUT2D eigenvalue weighted by Gasteiger charge is -2.37. The fourth-order valence-corrected chi connectivity index (χ4v) is 5.36. The Labute approximate surface area is 271 Å². The van der Waals surface area contributed by atoms with Crippen LogP contribution in [0.25, 0.3) is 6.08 Å². The van der Waals surface area contributed by atoms with E-state index in [1.807, 2.05) is 107 Å². The van der Waals surface area contributed by atoms with Gasteiger partial charge in [-0.25, -0.2) is 4.79 Å². The Morgan fingerprint density at radius 3 is 2.15 bits per heavy atom. The summed E-state index contributed by atoms with van der Waals surface area (Å²) in [6.45, 7) is 8.94. The standard InChI is InChI=1S/C38H42N2O6/c1-26-20-33(42-5)35(45-25-28-14-17-39-18-15-28)21-29(26)12-13-32-31-23-34(43-6)36(44-24-27-10-8-7-9-11-27)22-30(31)16-19-40(32)37(41)46-38(2,3)4/h7-15,17-18,20-23,32H,16,19,24-25H2,1-6H3/b13-12+. The molecule has 8 nitrogen and oxygen atoms in total. The molecule has 1 atom stereocenters. The summed E-state index contributed by atoms with van der Waals surface area (Å²) in [5, 5.41) is 0. The van der Waals surface area contributed by atoms with Crippen molar-refractivity contribution in [2.75, 3.05) is 20.8 Å². The van der Waals surface area contributed by atoms with Gasteiger partial charge in [-0.1, -0.05) is 42.5 Å². The summed E-state index contributed by atoms with van der Waals surface area (Å²) in [4.78, 5) is 19.4. The predicted molar refractivity (Wildman–Crippen MR) is 178 cm³/mol. The number of carbonyl (C=O) groups is 1. The molecule has 5 rings (SSSR count). The molecule has 0 bridgehead atoms. The van der Waals surface area contributed by atoms with E-state index in [4.69, 9.17) is 23.7 Å². The van der Waals surface area contributed by atoms with Gasteiger partial charge < -0.3 is 23.7 Å². The number of aryl methyl sites for hydroxylation is 1. The Hall–Kier alpha value is -4.98. The summed E-state index contributed by atoms with van der Waals surface area (Å²) in [5.41, 5.74) is 5.43. The number of hydrogen-bond acceptors (Lipinski definition) is 7. The molecule has 1 unspecified atom stereocenters. The van der Waals surface area contributed by atoms with E-state index < -0.39 is 11.6 Å². The Kier molecular flexibility index (Phi) is 10.2. The van der Waals surface area contributed by atoms with Crippen molar-refractivity contribution in [2.45, 2.75) is 59.0 Å². The van der Waals surface area contributed by atoms with Gasteiger partial charge >= 0.3 is 6.09 Å². The molecule has 0 radical (unpaired) electrons. The van der Waals surface area contributed by atoms with Crippen LogP contribution in [-0.4, -0.2) is 42.3 Å². The number of benzene rings is 3. The number of aromatic nitrogens is 1. The van der Waals surface area contributed by atoms with Crippen LogP contribution in [0.15, 0.2) is 85.2 Å². The second-order valence-electron chi connectivity index (χ2n) is 12.2. The molecule has 0 N–H and O–H groups in total. The minimum Gasteiger partial charge on any atom is -0.493 e. The molecule has 2 heterocycles. The minimum absolute atomic E-state index is 0.371. The molecule has 46 heavy (non-hydrogen) atoms. The second kappa shape index (κ2) is 14.4. The van der Waals surface area contributed by atoms with Gasteiger partial charge in [-0.2, -0.15) is 0 Å². The first-order chi connectivity index (χ1) is 22.1. The summed E-state index contributed by atoms with van der Waals surface area (Å²) in [6, 6.07) is 21.4. The number of hydrogen-bond donors (Lipinski definition) is 0. The van der Waals surface area contributed by atoms with Gasteiger partial charge in [0.1, 0.15) is 18.8 Å². The van der Waals surface area contributed by atoms with Gasteiger partial charge in [0, 0.05) is 18.9 Å². The van der Waals surface area contributed by atoms with Crippen molar-refractivity contribution in [3.8, 4) is 23.0 Å². The SMILES string of the molecule is COc1cc(C)c(/C=C/C2c3cc(OC)c(OCc4ccccc4)cc3CCN2C(=O)OC(C)(C)C)cc1OCc1ccncc1. The van der Waals surface area contributed by atoms with Gasteiger partial charge in [0.05, 0.1) is 20.3 Å². The van der Waals surface area contributed by atoms with Gasteiger partial charge in [0.25, 0.3) is 0 Å². The van der Waals surface area contributed by atoms with Crippen LogP contribution in [-0.2, 0) is 24.4 Å². The lowest BCUT2D eigenvalue weighted by Crippen LogP contribution is -2.42. The van der Waals surface area contributed by atoms with Crippen LogP contribution in [0.1, 0.15) is 60.2 Å². The Bertz CT molecular complexity index is 1660. The third kappa shape index (κ3) is 7.99. The molecule has 0 spiro atoms. The molecule has 1 amide bonds. The van der Waals surface area contributed by atoms with E-state index in [9.17, 15) is 4.79 Å². The summed E-state index contributed by atoms with van der Waals surface area (Å²) in [5.74, 6) is 2.54. The van der Waals surface area contributed by atoms with Crippen molar-refractivity contribution in [1.29, 1.82) is 0 Å². The van der Waals surface area contributed by atoms with Gasteiger partial charge in [-0.3, -0.25) is 9.88 Å². The molecule has 1 aromatic heterocycles. The third-order valence-corrected chi connectivity index (χ3v) is 7.72. The Balaban J connectivity index is 1.48. The molecule has 0 aliphatic carbocycles. The molecular weight excluding hydrogens is 580 g/mol. The van der Waals surface area contributed by atoms with Crippen molar-refractivity contribution in [3.63, 3.8) is 0 Å². The highest BCUT2D eigenvalue weighted by Crippen LogP contribution is 2.40. The van der Waals surface area contributed by atoms with Crippen molar-refractivity contribution in [1.82, 2.24) is 9.88 Å². The molecule has 1 aliphatic rings. The summed E-state index contributed by atoms with van der Waals surface area (Å²) in [6.07, 6.45) is 7.82. The van der Waals surface area contributed by atoms with Crippen LogP contribution in [0, 0.1) is 6.92 Å². The highest BCUT2D eigenvalue weighted by atomic mass is 16.6. The van der Waals surface area contributed by atoms with E-state index in [1.165, 1.54) is 0 Å². The van der Waals surface area contributed by atoms with Gasteiger partial charge in [-0.15, -0.1) is 0 Å².